The van der Waals surface area contributed by atoms with Crippen LogP contribution in [0.3, 0.4) is 0 Å². The van der Waals surface area contributed by atoms with Gasteiger partial charge in [-0.3, -0.25) is 4.21 Å². The molecule has 1 aromatic heterocycles. The number of hydrogen-bond donors (Lipinski definition) is 1. The fraction of sp³-hybridized carbons (Fsp3) is 0.667. The van der Waals surface area contributed by atoms with Crippen molar-refractivity contribution in [2.24, 2.45) is 0 Å². The molecule has 0 radical (unpaired) electrons. The highest BCUT2D eigenvalue weighted by molar-refractivity contribution is 7.84. The third kappa shape index (κ3) is 2.74. The van der Waals surface area contributed by atoms with Crippen molar-refractivity contribution in [2.75, 3.05) is 12.0 Å². The van der Waals surface area contributed by atoms with Crippen LogP contribution in [0.1, 0.15) is 37.1 Å². The fourth-order valence-electron chi connectivity index (χ4n) is 2.40. The molecule has 3 unspecified atom stereocenters. The molecule has 1 aliphatic rings. The van der Waals surface area contributed by atoms with Crippen LogP contribution in [0.2, 0.25) is 0 Å². The maximum Gasteiger partial charge on any atom is 0.108 e. The first-order chi connectivity index (χ1) is 7.66. The van der Waals surface area contributed by atoms with Crippen LogP contribution in [0.4, 0.5) is 0 Å². The zero-order valence-electron chi connectivity index (χ0n) is 9.86. The van der Waals surface area contributed by atoms with E-state index < -0.39 is 10.8 Å². The van der Waals surface area contributed by atoms with Crippen LogP contribution in [0.5, 0.6) is 0 Å². The Morgan fingerprint density at radius 2 is 2.50 bits per heavy atom. The van der Waals surface area contributed by atoms with E-state index in [0.29, 0.717) is 11.8 Å². The van der Waals surface area contributed by atoms with E-state index in [2.05, 4.69) is 18.3 Å². The maximum absolute atomic E-state index is 11.1. The summed E-state index contributed by atoms with van der Waals surface area (Å²) in [6, 6.07) is 2.72. The van der Waals surface area contributed by atoms with Crippen molar-refractivity contribution >= 4 is 10.8 Å². The molecule has 90 valence electrons. The number of rotatable bonds is 4. The molecule has 0 aromatic carbocycles. The average Bonchev–Trinajstić information content (AvgIpc) is 2.65. The summed E-state index contributed by atoms with van der Waals surface area (Å²) in [5.74, 6) is 1.83. The molecule has 1 N–H and O–H groups in total. The van der Waals surface area contributed by atoms with Gasteiger partial charge in [-0.15, -0.1) is 0 Å². The summed E-state index contributed by atoms with van der Waals surface area (Å²) in [6.07, 6.45) is 6.89. The summed E-state index contributed by atoms with van der Waals surface area (Å²) in [7, 11) is -0.734. The van der Waals surface area contributed by atoms with E-state index in [9.17, 15) is 4.21 Å². The molecule has 1 aliphatic carbocycles. The van der Waals surface area contributed by atoms with Gasteiger partial charge in [0.05, 0.1) is 6.26 Å². The van der Waals surface area contributed by atoms with Gasteiger partial charge in [0, 0.05) is 46.9 Å². The topological polar surface area (TPSA) is 42.2 Å². The quantitative estimate of drug-likeness (QED) is 0.877. The molecule has 3 atom stereocenters. The van der Waals surface area contributed by atoms with Crippen LogP contribution in [-0.4, -0.2) is 22.3 Å². The summed E-state index contributed by atoms with van der Waals surface area (Å²) in [4.78, 5) is 0. The Bertz CT molecular complexity index is 375. The Hall–Kier alpha value is -0.610. The molecule has 0 amide bonds. The minimum absolute atomic E-state index is 0.289. The Labute approximate surface area is 99.1 Å². The van der Waals surface area contributed by atoms with Crippen LogP contribution >= 0.6 is 0 Å². The van der Waals surface area contributed by atoms with E-state index in [4.69, 9.17) is 4.42 Å². The van der Waals surface area contributed by atoms with Gasteiger partial charge in [0.2, 0.25) is 0 Å². The molecule has 0 spiro atoms. The highest BCUT2D eigenvalue weighted by Crippen LogP contribution is 2.30. The summed E-state index contributed by atoms with van der Waals surface area (Å²) < 4.78 is 16.6. The Balaban J connectivity index is 1.99. The molecule has 1 aromatic rings. The first kappa shape index (κ1) is 11.9. The zero-order valence-corrected chi connectivity index (χ0v) is 10.7. The fourth-order valence-corrected chi connectivity index (χ4v) is 3.20. The highest BCUT2D eigenvalue weighted by Gasteiger charge is 2.23. The molecule has 0 fully saturated rings. The van der Waals surface area contributed by atoms with Crippen LogP contribution < -0.4 is 5.32 Å². The van der Waals surface area contributed by atoms with Crippen molar-refractivity contribution in [1.82, 2.24) is 5.32 Å². The third-order valence-corrected chi connectivity index (χ3v) is 3.99. The molecular weight excluding hydrogens is 222 g/mol. The SMILES string of the molecule is CC(CS(C)=O)NC1CCCc2occc21. The lowest BCUT2D eigenvalue weighted by molar-refractivity contribution is 0.392. The second kappa shape index (κ2) is 5.15. The summed E-state index contributed by atoms with van der Waals surface area (Å²) in [6.45, 7) is 2.09. The summed E-state index contributed by atoms with van der Waals surface area (Å²) in [5, 5.41) is 3.54. The Morgan fingerprint density at radius 3 is 3.25 bits per heavy atom. The van der Waals surface area contributed by atoms with E-state index in [-0.39, 0.29) is 6.04 Å². The average molecular weight is 241 g/mol. The lowest BCUT2D eigenvalue weighted by Crippen LogP contribution is -2.35. The number of hydrogen-bond acceptors (Lipinski definition) is 3. The van der Waals surface area contributed by atoms with E-state index in [1.54, 1.807) is 12.5 Å². The smallest absolute Gasteiger partial charge is 0.108 e. The molecule has 16 heavy (non-hydrogen) atoms. The molecule has 2 rings (SSSR count). The van der Waals surface area contributed by atoms with Crippen molar-refractivity contribution in [3.05, 3.63) is 23.7 Å². The van der Waals surface area contributed by atoms with E-state index in [1.807, 2.05) is 0 Å². The van der Waals surface area contributed by atoms with Gasteiger partial charge in [0.15, 0.2) is 0 Å². The van der Waals surface area contributed by atoms with E-state index in [0.717, 1.165) is 18.6 Å². The van der Waals surface area contributed by atoms with E-state index >= 15 is 0 Å². The van der Waals surface area contributed by atoms with Crippen molar-refractivity contribution in [2.45, 2.75) is 38.3 Å². The standard InChI is InChI=1S/C12H19NO2S/c1-9(8-16(2)14)13-11-4-3-5-12-10(11)6-7-15-12/h6-7,9,11,13H,3-5,8H2,1-2H3. The number of aryl methyl sites for hydroxylation is 1. The normalized spacial score (nSPS) is 23.8. The van der Waals surface area contributed by atoms with Crippen LogP contribution in [0, 0.1) is 0 Å². The number of furan rings is 1. The van der Waals surface area contributed by atoms with Crippen molar-refractivity contribution in [3.8, 4) is 0 Å². The monoisotopic (exact) mass is 241 g/mol. The van der Waals surface area contributed by atoms with Gasteiger partial charge < -0.3 is 9.73 Å². The molecule has 0 aliphatic heterocycles. The summed E-state index contributed by atoms with van der Waals surface area (Å²) >= 11 is 0. The predicted molar refractivity (Wildman–Crippen MR) is 65.9 cm³/mol. The zero-order chi connectivity index (χ0) is 11.5. The van der Waals surface area contributed by atoms with Crippen molar-refractivity contribution < 1.29 is 8.63 Å². The largest absolute Gasteiger partial charge is 0.469 e. The minimum Gasteiger partial charge on any atom is -0.469 e. The lowest BCUT2D eigenvalue weighted by atomic mass is 9.93. The van der Waals surface area contributed by atoms with Gasteiger partial charge in [-0.05, 0) is 25.8 Å². The maximum atomic E-state index is 11.1. The van der Waals surface area contributed by atoms with Crippen molar-refractivity contribution in [1.29, 1.82) is 0 Å². The van der Waals surface area contributed by atoms with E-state index in [1.165, 1.54) is 12.0 Å². The minimum atomic E-state index is -0.734. The molecule has 0 saturated carbocycles. The Kier molecular flexibility index (Phi) is 3.82. The number of fused-ring (bicyclic) bond motifs is 1. The van der Waals surface area contributed by atoms with Crippen LogP contribution in [0.15, 0.2) is 16.7 Å². The predicted octanol–water partition coefficient (Wildman–Crippen LogP) is 2.01. The molecule has 0 bridgehead atoms. The van der Waals surface area contributed by atoms with Gasteiger partial charge in [-0.1, -0.05) is 0 Å². The lowest BCUT2D eigenvalue weighted by Gasteiger charge is -2.26. The number of nitrogens with one attached hydrogen (secondary N) is 1. The van der Waals surface area contributed by atoms with Gasteiger partial charge in [0.1, 0.15) is 5.76 Å². The molecule has 0 saturated heterocycles. The van der Waals surface area contributed by atoms with Gasteiger partial charge >= 0.3 is 0 Å². The van der Waals surface area contributed by atoms with Crippen molar-refractivity contribution in [3.63, 3.8) is 0 Å². The summed E-state index contributed by atoms with van der Waals surface area (Å²) in [5.41, 5.74) is 1.29. The third-order valence-electron chi connectivity index (χ3n) is 3.02. The van der Waals surface area contributed by atoms with Gasteiger partial charge in [0.25, 0.3) is 0 Å². The second-order valence-electron chi connectivity index (χ2n) is 4.55. The second-order valence-corrected chi connectivity index (χ2v) is 6.03. The first-order valence-electron chi connectivity index (χ1n) is 5.79. The Morgan fingerprint density at radius 1 is 1.69 bits per heavy atom. The molecular formula is C12H19NO2S. The molecule has 1 heterocycles. The van der Waals surface area contributed by atoms with Gasteiger partial charge in [-0.25, -0.2) is 0 Å². The first-order valence-corrected chi connectivity index (χ1v) is 7.52. The van der Waals surface area contributed by atoms with Crippen LogP contribution in [0.25, 0.3) is 0 Å². The highest BCUT2D eigenvalue weighted by atomic mass is 32.2. The van der Waals surface area contributed by atoms with Crippen LogP contribution in [-0.2, 0) is 17.2 Å². The van der Waals surface area contributed by atoms with Gasteiger partial charge in [-0.2, -0.15) is 0 Å². The molecule has 3 nitrogen and oxygen atoms in total. The molecule has 4 heteroatoms.